The van der Waals surface area contributed by atoms with Crippen LogP contribution in [0.4, 0.5) is 0 Å². The van der Waals surface area contributed by atoms with E-state index in [9.17, 15) is 0 Å². The highest BCUT2D eigenvalue weighted by molar-refractivity contribution is 5.79. The molecule has 2 aromatic rings. The summed E-state index contributed by atoms with van der Waals surface area (Å²) in [4.78, 5) is 4.29. The van der Waals surface area contributed by atoms with Crippen LogP contribution in [0.25, 0.3) is 11.0 Å². The molecule has 0 fully saturated rings. The van der Waals surface area contributed by atoms with Gasteiger partial charge in [-0.05, 0) is 19.9 Å². The second kappa shape index (κ2) is 2.09. The highest BCUT2D eigenvalue weighted by Crippen LogP contribution is 2.17. The zero-order valence-electron chi connectivity index (χ0n) is 6.51. The molecule has 55 valence electrons. The predicted molar refractivity (Wildman–Crippen MR) is 42.3 cm³/mol. The predicted octanol–water partition coefficient (Wildman–Crippen LogP) is 2.24. The smallest absolute Gasteiger partial charge is 0.170 e. The minimum Gasteiger partial charge on any atom is -0.453 e. The van der Waals surface area contributed by atoms with E-state index in [1.807, 2.05) is 26.0 Å². The van der Waals surface area contributed by atoms with Gasteiger partial charge in [0.25, 0.3) is 0 Å². The topological polar surface area (TPSA) is 26.0 Å². The minimum absolute atomic E-state index is 0.870. The maximum atomic E-state index is 5.11. The number of hydrogen-bond acceptors (Lipinski definition) is 2. The molecule has 0 aliphatic rings. The summed E-state index contributed by atoms with van der Waals surface area (Å²) < 4.78 is 5.11. The van der Waals surface area contributed by atoms with E-state index in [1.54, 1.807) is 0 Å². The molecule has 0 aromatic carbocycles. The monoisotopic (exact) mass is 146 g/mol. The van der Waals surface area contributed by atoms with Gasteiger partial charge in [0.05, 0.1) is 0 Å². The third-order valence-electron chi connectivity index (χ3n) is 1.71. The van der Waals surface area contributed by atoms with Gasteiger partial charge in [-0.2, -0.15) is 0 Å². The molecule has 0 atom stereocenters. The van der Waals surface area contributed by atoms with Gasteiger partial charge in [-0.25, -0.2) is 0 Å². The number of aromatic nitrogens is 1. The molecule has 0 bridgehead atoms. The van der Waals surface area contributed by atoms with Crippen LogP contribution in [0.15, 0.2) is 16.5 Å². The molecule has 2 heteroatoms. The average molecular weight is 146 g/mol. The Balaban J connectivity index is 2.91. The maximum Gasteiger partial charge on any atom is 0.170 e. The molecule has 2 rings (SSSR count). The molecular weight excluding hydrogens is 138 g/mol. The first-order valence-corrected chi connectivity index (χ1v) is 3.51. The van der Waals surface area contributed by atoms with E-state index < -0.39 is 0 Å². The first-order chi connectivity index (χ1) is 5.27. The van der Waals surface area contributed by atoms with Crippen molar-refractivity contribution in [3.63, 3.8) is 0 Å². The van der Waals surface area contributed by atoms with Crippen LogP contribution >= 0.6 is 0 Å². The number of pyridine rings is 1. The van der Waals surface area contributed by atoms with E-state index in [1.165, 1.54) is 0 Å². The van der Waals surface area contributed by atoms with Gasteiger partial charge in [0.15, 0.2) is 6.26 Å². The second-order valence-corrected chi connectivity index (χ2v) is 2.63. The highest BCUT2D eigenvalue weighted by atomic mass is 16.3. The van der Waals surface area contributed by atoms with E-state index in [0.717, 1.165) is 22.4 Å². The van der Waals surface area contributed by atoms with Crippen molar-refractivity contribution in [3.8, 4) is 0 Å². The van der Waals surface area contributed by atoms with Gasteiger partial charge in [-0.3, -0.25) is 4.98 Å². The lowest BCUT2D eigenvalue weighted by Crippen LogP contribution is -1.84. The number of nitrogens with zero attached hydrogens (tertiary/aromatic N) is 1. The van der Waals surface area contributed by atoms with E-state index in [-0.39, 0.29) is 0 Å². The number of furan rings is 1. The highest BCUT2D eigenvalue weighted by Gasteiger charge is 2.01. The zero-order chi connectivity index (χ0) is 7.84. The van der Waals surface area contributed by atoms with Gasteiger partial charge in [-0.1, -0.05) is 0 Å². The van der Waals surface area contributed by atoms with Crippen LogP contribution in [-0.4, -0.2) is 4.98 Å². The van der Waals surface area contributed by atoms with Crippen LogP contribution < -0.4 is 0 Å². The summed E-state index contributed by atoms with van der Waals surface area (Å²) in [6, 6.07) is 3.73. The lowest BCUT2D eigenvalue weighted by Gasteiger charge is -1.95. The first kappa shape index (κ1) is 6.40. The third-order valence-corrected chi connectivity index (χ3v) is 1.71. The Morgan fingerprint density at radius 1 is 1.45 bits per heavy atom. The SMILES string of the molecule is Cc1cc2o[c]cc2c(C)n1. The fourth-order valence-corrected chi connectivity index (χ4v) is 1.21. The molecule has 0 aliphatic carbocycles. The Morgan fingerprint density at radius 2 is 2.27 bits per heavy atom. The Hall–Kier alpha value is -1.31. The number of rotatable bonds is 0. The summed E-state index contributed by atoms with van der Waals surface area (Å²) in [7, 11) is 0. The lowest BCUT2D eigenvalue weighted by molar-refractivity contribution is 0.605. The number of fused-ring (bicyclic) bond motifs is 1. The molecule has 0 unspecified atom stereocenters. The minimum atomic E-state index is 0.870. The zero-order valence-corrected chi connectivity index (χ0v) is 6.51. The van der Waals surface area contributed by atoms with E-state index in [2.05, 4.69) is 11.2 Å². The Bertz CT molecular complexity index is 389. The van der Waals surface area contributed by atoms with Crippen molar-refractivity contribution in [2.75, 3.05) is 0 Å². The molecule has 0 N–H and O–H groups in total. The first-order valence-electron chi connectivity index (χ1n) is 3.51. The average Bonchev–Trinajstić information content (AvgIpc) is 2.34. The summed E-state index contributed by atoms with van der Waals surface area (Å²) in [5, 5.41) is 1.05. The van der Waals surface area contributed by atoms with Crippen LogP contribution in [0, 0.1) is 20.1 Å². The maximum absolute atomic E-state index is 5.11. The van der Waals surface area contributed by atoms with Crippen molar-refractivity contribution in [1.82, 2.24) is 4.98 Å². The molecule has 2 heterocycles. The molecule has 0 saturated carbocycles. The van der Waals surface area contributed by atoms with E-state index >= 15 is 0 Å². The van der Waals surface area contributed by atoms with Gasteiger partial charge >= 0.3 is 0 Å². The number of hydrogen-bond donors (Lipinski definition) is 0. The van der Waals surface area contributed by atoms with Crippen LogP contribution in [0.2, 0.25) is 0 Å². The molecule has 2 nitrogen and oxygen atoms in total. The van der Waals surface area contributed by atoms with E-state index in [4.69, 9.17) is 4.42 Å². The molecule has 0 amide bonds. The van der Waals surface area contributed by atoms with Crippen molar-refractivity contribution in [2.24, 2.45) is 0 Å². The largest absolute Gasteiger partial charge is 0.453 e. The van der Waals surface area contributed by atoms with Crippen LogP contribution in [0.1, 0.15) is 11.4 Å². The van der Waals surface area contributed by atoms with Crippen molar-refractivity contribution in [2.45, 2.75) is 13.8 Å². The van der Waals surface area contributed by atoms with Crippen LogP contribution in [0.3, 0.4) is 0 Å². The van der Waals surface area contributed by atoms with Crippen LogP contribution in [0.5, 0.6) is 0 Å². The molecule has 11 heavy (non-hydrogen) atoms. The molecular formula is C9H8NO. The number of aryl methyl sites for hydroxylation is 2. The molecule has 0 aliphatic heterocycles. The van der Waals surface area contributed by atoms with Gasteiger partial charge in [-0.15, -0.1) is 0 Å². The third kappa shape index (κ3) is 0.909. The van der Waals surface area contributed by atoms with E-state index in [0.29, 0.717) is 0 Å². The Labute approximate surface area is 64.9 Å². The fourth-order valence-electron chi connectivity index (χ4n) is 1.21. The second-order valence-electron chi connectivity index (χ2n) is 2.63. The van der Waals surface area contributed by atoms with Gasteiger partial charge in [0.2, 0.25) is 0 Å². The van der Waals surface area contributed by atoms with Crippen molar-refractivity contribution in [3.05, 3.63) is 29.8 Å². The quantitative estimate of drug-likeness (QED) is 0.569. The summed E-state index contributed by atoms with van der Waals surface area (Å²) in [5.41, 5.74) is 2.86. The molecule has 1 radical (unpaired) electrons. The normalized spacial score (nSPS) is 10.7. The van der Waals surface area contributed by atoms with Gasteiger partial charge in [0, 0.05) is 22.8 Å². The van der Waals surface area contributed by atoms with Crippen molar-refractivity contribution < 1.29 is 4.42 Å². The molecule has 0 saturated heterocycles. The Kier molecular flexibility index (Phi) is 1.22. The summed E-state index contributed by atoms with van der Waals surface area (Å²) in [5.74, 6) is 0. The van der Waals surface area contributed by atoms with Crippen molar-refractivity contribution in [1.29, 1.82) is 0 Å². The Morgan fingerprint density at radius 3 is 3.09 bits per heavy atom. The van der Waals surface area contributed by atoms with Gasteiger partial charge < -0.3 is 4.42 Å². The summed E-state index contributed by atoms with van der Waals surface area (Å²) >= 11 is 0. The van der Waals surface area contributed by atoms with Crippen molar-refractivity contribution >= 4 is 11.0 Å². The fraction of sp³-hybridized carbons (Fsp3) is 0.222. The van der Waals surface area contributed by atoms with Crippen LogP contribution in [-0.2, 0) is 0 Å². The lowest BCUT2D eigenvalue weighted by atomic mass is 10.2. The standard InChI is InChI=1S/C9H8NO/c1-6-5-9-8(3-4-11-9)7(2)10-6/h3,5H,1-2H3. The molecule has 2 aromatic heterocycles. The molecule has 0 spiro atoms. The summed E-state index contributed by atoms with van der Waals surface area (Å²) in [6.07, 6.45) is 2.69. The van der Waals surface area contributed by atoms with Gasteiger partial charge in [0.1, 0.15) is 5.58 Å². The summed E-state index contributed by atoms with van der Waals surface area (Å²) in [6.45, 7) is 3.92.